The van der Waals surface area contributed by atoms with Gasteiger partial charge in [0, 0.05) is 18.1 Å². The van der Waals surface area contributed by atoms with Crippen LogP contribution < -0.4 is 4.90 Å². The van der Waals surface area contributed by atoms with Crippen molar-refractivity contribution in [2.24, 2.45) is 0 Å². The summed E-state index contributed by atoms with van der Waals surface area (Å²) in [5.74, 6) is 1.64. The van der Waals surface area contributed by atoms with Crippen LogP contribution in [0.2, 0.25) is 0 Å². The van der Waals surface area contributed by atoms with Crippen LogP contribution in [0.4, 0.5) is 17.3 Å². The molecule has 0 N–H and O–H groups in total. The Hall–Kier alpha value is -6.32. The van der Waals surface area contributed by atoms with Crippen molar-refractivity contribution < 1.29 is 0 Å². The lowest BCUT2D eigenvalue weighted by atomic mass is 9.86. The highest BCUT2D eigenvalue weighted by Gasteiger charge is 2.17. The smallest absolute Gasteiger partial charge is 0.138 e. The molecule has 0 radical (unpaired) electrons. The molecule has 9 aromatic rings. The highest BCUT2D eigenvalue weighted by Crippen LogP contribution is 2.43. The van der Waals surface area contributed by atoms with Crippen LogP contribution in [-0.2, 0) is 0 Å². The molecular weight excluding hydrogens is 571 g/mol. The van der Waals surface area contributed by atoms with Crippen LogP contribution in [0, 0.1) is 0 Å². The first kappa shape index (κ1) is 27.0. The molecule has 7 aromatic carbocycles. The Balaban J connectivity index is 1.26. The summed E-state index contributed by atoms with van der Waals surface area (Å²) >= 11 is 0. The van der Waals surface area contributed by atoms with Gasteiger partial charge in [-0.2, -0.15) is 0 Å². The molecule has 220 valence electrons. The van der Waals surface area contributed by atoms with Gasteiger partial charge in [0.1, 0.15) is 11.6 Å². The zero-order valence-corrected chi connectivity index (χ0v) is 25.6. The van der Waals surface area contributed by atoms with Crippen molar-refractivity contribution in [3.05, 3.63) is 176 Å². The molecule has 0 fully saturated rings. The number of anilines is 3. The van der Waals surface area contributed by atoms with Gasteiger partial charge in [-0.3, -0.25) is 4.90 Å². The summed E-state index contributed by atoms with van der Waals surface area (Å²) in [6.07, 6.45) is 3.63. The van der Waals surface area contributed by atoms with E-state index in [1.54, 1.807) is 0 Å². The Morgan fingerprint density at radius 2 is 0.894 bits per heavy atom. The van der Waals surface area contributed by atoms with E-state index >= 15 is 0 Å². The first-order valence-electron chi connectivity index (χ1n) is 15.9. The maximum Gasteiger partial charge on any atom is 0.138 e. The second kappa shape index (κ2) is 11.2. The van der Waals surface area contributed by atoms with Crippen LogP contribution in [0.25, 0.3) is 65.3 Å². The third kappa shape index (κ3) is 4.60. The van der Waals surface area contributed by atoms with Crippen molar-refractivity contribution in [3.63, 3.8) is 0 Å². The van der Waals surface area contributed by atoms with Gasteiger partial charge in [0.15, 0.2) is 0 Å². The molecule has 0 aliphatic rings. The summed E-state index contributed by atoms with van der Waals surface area (Å²) in [5, 5.41) is 10.1. The van der Waals surface area contributed by atoms with Crippen LogP contribution in [-0.4, -0.2) is 9.97 Å². The molecule has 47 heavy (non-hydrogen) atoms. The lowest BCUT2D eigenvalue weighted by molar-refractivity contribution is 1.13. The summed E-state index contributed by atoms with van der Waals surface area (Å²) in [7, 11) is 0. The van der Waals surface area contributed by atoms with Crippen molar-refractivity contribution >= 4 is 60.4 Å². The molecule has 3 heteroatoms. The molecule has 0 unspecified atom stereocenters. The minimum Gasteiger partial charge on any atom is -0.279 e. The van der Waals surface area contributed by atoms with Gasteiger partial charge in [-0.05, 0) is 114 Å². The standard InChI is InChI=1S/C44H29N3/c1-2-14-34-30(12-1)13-11-19-35(34)41-29-32-28-40(36-15-3-5-17-38(36)44(32)39-18-6-4-16-37(39)41)31-22-24-33(25-23-31)47(42-20-7-9-26-45-42)43-21-8-10-27-46-43/h1-29H. The fourth-order valence-electron chi connectivity index (χ4n) is 7.05. The number of rotatable bonds is 5. The van der Waals surface area contributed by atoms with E-state index in [2.05, 4.69) is 142 Å². The molecule has 0 saturated carbocycles. The molecule has 0 saturated heterocycles. The average Bonchev–Trinajstić information content (AvgIpc) is 3.15. The van der Waals surface area contributed by atoms with Crippen LogP contribution in [0.15, 0.2) is 176 Å². The van der Waals surface area contributed by atoms with Crippen LogP contribution in [0.1, 0.15) is 0 Å². The fourth-order valence-corrected chi connectivity index (χ4v) is 7.05. The highest BCUT2D eigenvalue weighted by molar-refractivity contribution is 6.26. The number of nitrogens with zero attached hydrogens (tertiary/aromatic N) is 3. The second-order valence-electron chi connectivity index (χ2n) is 11.8. The van der Waals surface area contributed by atoms with E-state index in [0.29, 0.717) is 0 Å². The summed E-state index contributed by atoms with van der Waals surface area (Å²) in [4.78, 5) is 11.4. The minimum absolute atomic E-state index is 0.822. The van der Waals surface area contributed by atoms with Crippen molar-refractivity contribution in [2.75, 3.05) is 4.90 Å². The third-order valence-corrected chi connectivity index (χ3v) is 9.13. The third-order valence-electron chi connectivity index (χ3n) is 9.13. The Bertz CT molecular complexity index is 2510. The number of aromatic nitrogens is 2. The van der Waals surface area contributed by atoms with E-state index in [-0.39, 0.29) is 0 Å². The highest BCUT2D eigenvalue weighted by atomic mass is 15.2. The maximum absolute atomic E-state index is 4.65. The van der Waals surface area contributed by atoms with Crippen molar-refractivity contribution in [3.8, 4) is 22.3 Å². The molecular formula is C44H29N3. The first-order chi connectivity index (χ1) is 23.3. The molecule has 0 atom stereocenters. The van der Waals surface area contributed by atoms with Crippen LogP contribution >= 0.6 is 0 Å². The van der Waals surface area contributed by atoms with Crippen molar-refractivity contribution in [2.45, 2.75) is 0 Å². The van der Waals surface area contributed by atoms with Crippen LogP contribution in [0.3, 0.4) is 0 Å². The molecule has 9 rings (SSSR count). The molecule has 2 heterocycles. The average molecular weight is 600 g/mol. The number of hydrogen-bond donors (Lipinski definition) is 0. The summed E-state index contributed by atoms with van der Waals surface area (Å²) < 4.78 is 0. The molecule has 0 amide bonds. The Morgan fingerprint density at radius 3 is 1.53 bits per heavy atom. The van der Waals surface area contributed by atoms with Gasteiger partial charge in [-0.15, -0.1) is 0 Å². The van der Waals surface area contributed by atoms with Gasteiger partial charge in [0.2, 0.25) is 0 Å². The first-order valence-corrected chi connectivity index (χ1v) is 15.9. The lowest BCUT2D eigenvalue weighted by Crippen LogP contribution is -2.12. The van der Waals surface area contributed by atoms with Gasteiger partial charge in [0.05, 0.1) is 0 Å². The number of benzene rings is 7. The van der Waals surface area contributed by atoms with E-state index in [1.165, 1.54) is 59.8 Å². The number of hydrogen-bond acceptors (Lipinski definition) is 3. The van der Waals surface area contributed by atoms with E-state index in [4.69, 9.17) is 0 Å². The zero-order chi connectivity index (χ0) is 31.2. The second-order valence-corrected chi connectivity index (χ2v) is 11.8. The minimum atomic E-state index is 0.822. The maximum atomic E-state index is 4.65. The molecule has 0 spiro atoms. The molecule has 0 bridgehead atoms. The quantitative estimate of drug-likeness (QED) is 0.184. The molecule has 2 aromatic heterocycles. The lowest BCUT2D eigenvalue weighted by Gasteiger charge is -2.23. The number of pyridine rings is 2. The van der Waals surface area contributed by atoms with E-state index in [1.807, 2.05) is 48.8 Å². The molecule has 0 aliphatic heterocycles. The van der Waals surface area contributed by atoms with Gasteiger partial charge in [-0.25, -0.2) is 9.97 Å². The van der Waals surface area contributed by atoms with Gasteiger partial charge < -0.3 is 0 Å². The number of fused-ring (bicyclic) bond motifs is 6. The van der Waals surface area contributed by atoms with Gasteiger partial charge >= 0.3 is 0 Å². The Labute approximate surface area is 273 Å². The van der Waals surface area contributed by atoms with Crippen molar-refractivity contribution in [1.82, 2.24) is 9.97 Å². The molecule has 3 nitrogen and oxygen atoms in total. The fraction of sp³-hybridized carbons (Fsp3) is 0. The largest absolute Gasteiger partial charge is 0.279 e. The topological polar surface area (TPSA) is 29.0 Å². The van der Waals surface area contributed by atoms with Crippen molar-refractivity contribution in [1.29, 1.82) is 0 Å². The monoisotopic (exact) mass is 599 g/mol. The Kier molecular flexibility index (Phi) is 6.46. The van der Waals surface area contributed by atoms with Gasteiger partial charge in [0.25, 0.3) is 0 Å². The summed E-state index contributed by atoms with van der Waals surface area (Å²) in [5.41, 5.74) is 5.88. The predicted octanol–water partition coefficient (Wildman–Crippen LogP) is 11.9. The summed E-state index contributed by atoms with van der Waals surface area (Å²) in [6.45, 7) is 0. The summed E-state index contributed by atoms with van der Waals surface area (Å²) in [6, 6.07) is 58.4. The molecule has 0 aliphatic carbocycles. The van der Waals surface area contributed by atoms with E-state index < -0.39 is 0 Å². The SMILES string of the molecule is c1ccc(N(c2ccc(-c3cc4cc(-c5cccc6ccccc56)c5ccccc5c4c4ccccc34)cc2)c2ccccn2)nc1. The van der Waals surface area contributed by atoms with E-state index in [9.17, 15) is 0 Å². The normalized spacial score (nSPS) is 11.4. The predicted molar refractivity (Wildman–Crippen MR) is 198 cm³/mol. The Morgan fingerprint density at radius 1 is 0.362 bits per heavy atom. The zero-order valence-electron chi connectivity index (χ0n) is 25.6. The van der Waals surface area contributed by atoms with Gasteiger partial charge in [-0.1, -0.05) is 115 Å². The van der Waals surface area contributed by atoms with E-state index in [0.717, 1.165) is 22.9 Å². The van der Waals surface area contributed by atoms with Crippen LogP contribution in [0.5, 0.6) is 0 Å².